The van der Waals surface area contributed by atoms with Gasteiger partial charge in [-0.3, -0.25) is 0 Å². The van der Waals surface area contributed by atoms with Crippen LogP contribution in [0.1, 0.15) is 5.01 Å². The average Bonchev–Trinajstić information content (AvgIpc) is 2.72. The van der Waals surface area contributed by atoms with Crippen LogP contribution in [0.5, 0.6) is 0 Å². The van der Waals surface area contributed by atoms with Crippen molar-refractivity contribution in [3.63, 3.8) is 0 Å². The van der Waals surface area contributed by atoms with E-state index in [1.54, 1.807) is 18.3 Å². The maximum atomic E-state index is 11.5. The monoisotopic (exact) mass is 204 g/mol. The van der Waals surface area contributed by atoms with E-state index in [-0.39, 0.29) is 0 Å². The van der Waals surface area contributed by atoms with Gasteiger partial charge in [-0.2, -0.15) is 4.74 Å². The molecule has 0 N–H and O–H groups in total. The molecular weight excluding hydrogens is 196 g/mol. The van der Waals surface area contributed by atoms with Gasteiger partial charge in [0.05, 0.1) is 0 Å². The molecule has 2 rings (SSSR count). The third-order valence-corrected chi connectivity index (χ3v) is 2.40. The van der Waals surface area contributed by atoms with E-state index in [4.69, 9.17) is 0 Å². The average molecular weight is 204 g/mol. The summed E-state index contributed by atoms with van der Waals surface area (Å²) < 4.78 is 0.818. The highest BCUT2D eigenvalue weighted by atomic mass is 32.1. The summed E-state index contributed by atoms with van der Waals surface area (Å²) >= 11 is 1.44. The summed E-state index contributed by atoms with van der Waals surface area (Å²) in [5.41, 5.74) is 0.614. The molecule has 0 radical (unpaired) electrons. The summed E-state index contributed by atoms with van der Waals surface area (Å²) in [6.07, 6.45) is 3.15. The molecule has 0 aliphatic rings. The fourth-order valence-corrected chi connectivity index (χ4v) is 1.59. The predicted octanol–water partition coefficient (Wildman–Crippen LogP) is 2.40. The van der Waals surface area contributed by atoms with Crippen LogP contribution in [-0.4, -0.2) is 15.9 Å². The smallest absolute Gasteiger partial charge is 0.216 e. The van der Waals surface area contributed by atoms with Crippen molar-refractivity contribution in [2.45, 2.75) is 0 Å². The molecule has 3 nitrogen and oxygen atoms in total. The molecule has 0 saturated carbocycles. The molecule has 0 amide bonds. The minimum atomic E-state index is 0.614. The molecule has 0 atom stereocenters. The molecule has 2 aromatic rings. The summed E-state index contributed by atoms with van der Waals surface area (Å²) in [6, 6.07) is 9.06. The van der Waals surface area contributed by atoms with Gasteiger partial charge in [0.1, 0.15) is 0 Å². The van der Waals surface area contributed by atoms with Crippen LogP contribution in [0.3, 0.4) is 0 Å². The molecule has 0 spiro atoms. The van der Waals surface area contributed by atoms with Crippen molar-refractivity contribution < 1.29 is 4.74 Å². The SMILES string of the molecule is [O-][N+](=Cc1nccs1)c1ccccc1. The lowest BCUT2D eigenvalue weighted by molar-refractivity contribution is -0.354. The van der Waals surface area contributed by atoms with Crippen molar-refractivity contribution in [2.75, 3.05) is 0 Å². The van der Waals surface area contributed by atoms with Crippen molar-refractivity contribution >= 4 is 23.2 Å². The Morgan fingerprint density at radius 1 is 1.29 bits per heavy atom. The predicted molar refractivity (Wildman–Crippen MR) is 57.0 cm³/mol. The lowest BCUT2D eigenvalue weighted by Gasteiger charge is -2.00. The van der Waals surface area contributed by atoms with E-state index in [1.807, 2.05) is 23.6 Å². The van der Waals surface area contributed by atoms with Crippen LogP contribution < -0.4 is 0 Å². The van der Waals surface area contributed by atoms with Gasteiger partial charge < -0.3 is 5.21 Å². The van der Waals surface area contributed by atoms with Crippen molar-refractivity contribution in [3.8, 4) is 0 Å². The number of rotatable bonds is 2. The van der Waals surface area contributed by atoms with Crippen LogP contribution in [-0.2, 0) is 0 Å². The highest BCUT2D eigenvalue weighted by molar-refractivity contribution is 7.11. The number of benzene rings is 1. The van der Waals surface area contributed by atoms with Gasteiger partial charge in [0, 0.05) is 23.7 Å². The summed E-state index contributed by atoms with van der Waals surface area (Å²) in [4.78, 5) is 4.00. The lowest BCUT2D eigenvalue weighted by Crippen LogP contribution is -1.97. The van der Waals surface area contributed by atoms with E-state index in [2.05, 4.69) is 4.98 Å². The number of aromatic nitrogens is 1. The summed E-state index contributed by atoms with van der Waals surface area (Å²) in [6.45, 7) is 0. The normalized spacial score (nSPS) is 11.6. The first kappa shape index (κ1) is 8.90. The Bertz CT molecular complexity index is 423. The zero-order valence-corrected chi connectivity index (χ0v) is 8.15. The van der Waals surface area contributed by atoms with Gasteiger partial charge in [-0.25, -0.2) is 4.98 Å². The number of hydrogen-bond donors (Lipinski definition) is 0. The molecule has 70 valence electrons. The molecule has 0 aliphatic heterocycles. The first-order valence-electron chi connectivity index (χ1n) is 4.12. The van der Waals surface area contributed by atoms with Crippen LogP contribution >= 0.6 is 11.3 Å². The van der Waals surface area contributed by atoms with Crippen LogP contribution in [0, 0.1) is 5.21 Å². The fourth-order valence-electron chi connectivity index (χ4n) is 1.05. The largest absolute Gasteiger partial charge is 0.618 e. The maximum absolute atomic E-state index is 11.5. The Balaban J connectivity index is 2.29. The van der Waals surface area contributed by atoms with Crippen molar-refractivity contribution in [3.05, 3.63) is 52.1 Å². The molecule has 1 heterocycles. The van der Waals surface area contributed by atoms with Gasteiger partial charge in [0.2, 0.25) is 11.9 Å². The van der Waals surface area contributed by atoms with Gasteiger partial charge in [-0.15, -0.1) is 11.3 Å². The zero-order valence-electron chi connectivity index (χ0n) is 7.33. The zero-order chi connectivity index (χ0) is 9.80. The lowest BCUT2D eigenvalue weighted by atomic mass is 10.3. The van der Waals surface area contributed by atoms with E-state index in [9.17, 15) is 5.21 Å². The Kier molecular flexibility index (Phi) is 2.55. The van der Waals surface area contributed by atoms with Crippen molar-refractivity contribution in [2.24, 2.45) is 0 Å². The second-order valence-corrected chi connectivity index (χ2v) is 3.59. The van der Waals surface area contributed by atoms with Gasteiger partial charge in [0.15, 0.2) is 5.01 Å². The second kappa shape index (κ2) is 4.02. The van der Waals surface area contributed by atoms with E-state index in [1.165, 1.54) is 17.6 Å². The molecule has 0 aliphatic carbocycles. The number of thiazole rings is 1. The fraction of sp³-hybridized carbons (Fsp3) is 0. The molecule has 0 saturated heterocycles. The Labute approximate surface area is 85.6 Å². The molecule has 0 unspecified atom stereocenters. The molecule has 0 fully saturated rings. The Morgan fingerprint density at radius 2 is 2.07 bits per heavy atom. The van der Waals surface area contributed by atoms with Crippen LogP contribution in [0.2, 0.25) is 0 Å². The van der Waals surface area contributed by atoms with Crippen LogP contribution in [0.15, 0.2) is 41.9 Å². The Hall–Kier alpha value is -1.68. The molecular formula is C10H8N2OS. The molecule has 0 bridgehead atoms. The van der Waals surface area contributed by atoms with Crippen LogP contribution in [0.4, 0.5) is 5.69 Å². The summed E-state index contributed by atoms with van der Waals surface area (Å²) in [5, 5.41) is 14.1. The summed E-state index contributed by atoms with van der Waals surface area (Å²) in [7, 11) is 0. The highest BCUT2D eigenvalue weighted by Crippen LogP contribution is 2.09. The molecule has 1 aromatic heterocycles. The first-order chi connectivity index (χ1) is 6.86. The number of para-hydroxylation sites is 1. The quantitative estimate of drug-likeness (QED) is 0.326. The van der Waals surface area contributed by atoms with E-state index in [0.29, 0.717) is 10.7 Å². The number of hydrogen-bond acceptors (Lipinski definition) is 3. The third-order valence-electron chi connectivity index (χ3n) is 1.69. The van der Waals surface area contributed by atoms with Crippen molar-refractivity contribution in [1.29, 1.82) is 0 Å². The second-order valence-electron chi connectivity index (χ2n) is 2.66. The topological polar surface area (TPSA) is 39.0 Å². The molecule has 1 aromatic carbocycles. The van der Waals surface area contributed by atoms with Gasteiger partial charge in [-0.1, -0.05) is 18.2 Å². The standard InChI is InChI=1S/C10H8N2OS/c13-12(8-10-11-6-7-14-10)9-4-2-1-3-5-9/h1-8H. The number of nitrogens with zero attached hydrogens (tertiary/aromatic N) is 2. The minimum absolute atomic E-state index is 0.614. The van der Waals surface area contributed by atoms with E-state index < -0.39 is 0 Å². The van der Waals surface area contributed by atoms with Crippen molar-refractivity contribution in [1.82, 2.24) is 4.98 Å². The molecule has 14 heavy (non-hydrogen) atoms. The third kappa shape index (κ3) is 1.97. The van der Waals surface area contributed by atoms with Gasteiger partial charge in [0.25, 0.3) is 0 Å². The summed E-state index contributed by atoms with van der Waals surface area (Å²) in [5.74, 6) is 0. The van der Waals surface area contributed by atoms with E-state index in [0.717, 1.165) is 4.74 Å². The first-order valence-corrected chi connectivity index (χ1v) is 5.00. The van der Waals surface area contributed by atoms with E-state index >= 15 is 0 Å². The molecule has 4 heteroatoms. The van der Waals surface area contributed by atoms with Crippen LogP contribution in [0.25, 0.3) is 0 Å². The van der Waals surface area contributed by atoms with Gasteiger partial charge in [-0.05, 0) is 0 Å². The Morgan fingerprint density at radius 3 is 2.71 bits per heavy atom. The van der Waals surface area contributed by atoms with Gasteiger partial charge >= 0.3 is 0 Å². The minimum Gasteiger partial charge on any atom is -0.618 e. The maximum Gasteiger partial charge on any atom is 0.216 e. The highest BCUT2D eigenvalue weighted by Gasteiger charge is 2.00.